The predicted molar refractivity (Wildman–Crippen MR) is 115 cm³/mol. The van der Waals surface area contributed by atoms with Crippen molar-refractivity contribution < 1.29 is 17.9 Å². The van der Waals surface area contributed by atoms with Crippen LogP contribution in [-0.2, 0) is 14.8 Å². The first-order valence-corrected chi connectivity index (χ1v) is 11.1. The summed E-state index contributed by atoms with van der Waals surface area (Å²) in [5, 5.41) is 3.05. The largest absolute Gasteiger partial charge is 0.495 e. The highest BCUT2D eigenvalue weighted by molar-refractivity contribution is 7.89. The van der Waals surface area contributed by atoms with Crippen LogP contribution in [0.2, 0.25) is 5.02 Å². The lowest BCUT2D eigenvalue weighted by Gasteiger charge is -2.21. The molecule has 0 spiro atoms. The van der Waals surface area contributed by atoms with Gasteiger partial charge in [-0.15, -0.1) is 0 Å². The topological polar surface area (TPSA) is 84.5 Å². The quantitative estimate of drug-likeness (QED) is 0.688. The molecular weight excluding hydrogens is 412 g/mol. The van der Waals surface area contributed by atoms with Gasteiger partial charge in [-0.3, -0.25) is 4.79 Å². The number of carbonyl (C=O) groups is 1. The number of methoxy groups -OCH3 is 1. The molecule has 0 aromatic heterocycles. The predicted octanol–water partition coefficient (Wildman–Crippen LogP) is 3.82. The summed E-state index contributed by atoms with van der Waals surface area (Å²) in [6, 6.07) is 7.02. The van der Waals surface area contributed by atoms with Crippen LogP contribution in [0.15, 0.2) is 35.2 Å². The Morgan fingerprint density at radius 3 is 2.24 bits per heavy atom. The van der Waals surface area contributed by atoms with Gasteiger partial charge in [-0.05, 0) is 75.1 Å². The zero-order valence-corrected chi connectivity index (χ0v) is 19.0. The lowest BCUT2D eigenvalue weighted by Crippen LogP contribution is -2.45. The smallest absolute Gasteiger partial charge is 0.241 e. The molecule has 8 heteroatoms. The summed E-state index contributed by atoms with van der Waals surface area (Å²) < 4.78 is 32.6. The summed E-state index contributed by atoms with van der Waals surface area (Å²) in [7, 11) is -2.48. The second-order valence-corrected chi connectivity index (χ2v) is 9.28. The highest BCUT2D eigenvalue weighted by atomic mass is 35.5. The van der Waals surface area contributed by atoms with Crippen molar-refractivity contribution in [1.29, 1.82) is 0 Å². The summed E-state index contributed by atoms with van der Waals surface area (Å²) in [5.74, 6) is -0.0488. The van der Waals surface area contributed by atoms with Crippen LogP contribution < -0.4 is 14.8 Å². The maximum Gasteiger partial charge on any atom is 0.241 e. The number of nitrogens with one attached hydrogen (secondary N) is 2. The lowest BCUT2D eigenvalue weighted by atomic mass is 9.96. The van der Waals surface area contributed by atoms with Gasteiger partial charge in [-0.1, -0.05) is 23.7 Å². The number of amides is 1. The van der Waals surface area contributed by atoms with Crippen LogP contribution in [0.3, 0.4) is 0 Å². The van der Waals surface area contributed by atoms with Crippen molar-refractivity contribution in [3.63, 3.8) is 0 Å². The van der Waals surface area contributed by atoms with E-state index in [4.69, 9.17) is 16.3 Å². The second-order valence-electron chi connectivity index (χ2n) is 7.16. The number of benzene rings is 2. The van der Waals surface area contributed by atoms with Gasteiger partial charge < -0.3 is 10.1 Å². The average molecular weight is 439 g/mol. The molecule has 0 aliphatic heterocycles. The fourth-order valence-electron chi connectivity index (χ4n) is 3.03. The fraction of sp³-hybridized carbons (Fsp3) is 0.381. The Morgan fingerprint density at radius 2 is 1.66 bits per heavy atom. The number of sulfonamides is 1. The normalized spacial score (nSPS) is 13.6. The van der Waals surface area contributed by atoms with E-state index >= 15 is 0 Å². The van der Waals surface area contributed by atoms with Gasteiger partial charge in [-0.2, -0.15) is 4.72 Å². The molecule has 0 aliphatic carbocycles. The van der Waals surface area contributed by atoms with Crippen molar-refractivity contribution in [3.05, 3.63) is 57.6 Å². The van der Waals surface area contributed by atoms with Crippen molar-refractivity contribution in [1.82, 2.24) is 10.0 Å². The highest BCUT2D eigenvalue weighted by Gasteiger charge is 2.24. The Hall–Kier alpha value is -2.09. The van der Waals surface area contributed by atoms with Crippen molar-refractivity contribution in [3.8, 4) is 5.75 Å². The molecule has 2 aromatic rings. The SMILES string of the molecule is COc1ccc(S(=O)(=O)N[C@H](C)C(=O)N[C@@H](C)c2cc(C)c(C)cc2C)cc1Cl. The standard InChI is InChI=1S/C21H27ClN2O4S/c1-12-9-14(3)18(10-13(12)2)15(4)23-21(25)16(5)24-29(26,27)17-7-8-20(28-6)19(22)11-17/h7-11,15-16,24H,1-6H3,(H,23,25)/t15-,16+/m0/s1. The van der Waals surface area contributed by atoms with Crippen molar-refractivity contribution in [2.75, 3.05) is 7.11 Å². The van der Waals surface area contributed by atoms with Gasteiger partial charge in [0.2, 0.25) is 15.9 Å². The molecule has 0 fully saturated rings. The van der Waals surface area contributed by atoms with Gasteiger partial charge >= 0.3 is 0 Å². The number of carbonyl (C=O) groups excluding carboxylic acids is 1. The minimum absolute atomic E-state index is 0.0407. The zero-order valence-electron chi connectivity index (χ0n) is 17.5. The Morgan fingerprint density at radius 1 is 1.03 bits per heavy atom. The van der Waals surface area contributed by atoms with Crippen LogP contribution in [0.1, 0.15) is 42.1 Å². The molecule has 6 nitrogen and oxygen atoms in total. The molecule has 0 radical (unpaired) electrons. The molecular formula is C21H27ClN2O4S. The number of hydrogen-bond acceptors (Lipinski definition) is 4. The molecule has 29 heavy (non-hydrogen) atoms. The molecule has 2 rings (SSSR count). The van der Waals surface area contributed by atoms with Crippen LogP contribution in [-0.4, -0.2) is 27.5 Å². The Balaban J connectivity index is 2.12. The van der Waals surface area contributed by atoms with E-state index in [0.717, 1.165) is 16.7 Å². The molecule has 2 aromatic carbocycles. The molecule has 0 saturated heterocycles. The molecule has 0 unspecified atom stereocenters. The van der Waals surface area contributed by atoms with Crippen LogP contribution in [0, 0.1) is 20.8 Å². The van der Waals surface area contributed by atoms with Gasteiger partial charge in [0.05, 0.1) is 29.1 Å². The zero-order chi connectivity index (χ0) is 21.9. The molecule has 0 bridgehead atoms. The fourth-order valence-corrected chi connectivity index (χ4v) is 4.59. The minimum Gasteiger partial charge on any atom is -0.495 e. The van der Waals surface area contributed by atoms with E-state index in [9.17, 15) is 13.2 Å². The van der Waals surface area contributed by atoms with E-state index in [1.54, 1.807) is 0 Å². The van der Waals surface area contributed by atoms with Crippen LogP contribution >= 0.6 is 11.6 Å². The van der Waals surface area contributed by atoms with Gasteiger partial charge in [0, 0.05) is 0 Å². The number of ether oxygens (including phenoxy) is 1. The van der Waals surface area contributed by atoms with E-state index in [2.05, 4.69) is 16.1 Å². The Bertz CT molecular complexity index is 1020. The lowest BCUT2D eigenvalue weighted by molar-refractivity contribution is -0.123. The number of rotatable bonds is 7. The van der Waals surface area contributed by atoms with Crippen molar-refractivity contribution in [2.45, 2.75) is 51.6 Å². The third-order valence-electron chi connectivity index (χ3n) is 4.87. The van der Waals surface area contributed by atoms with Gasteiger partial charge in [0.15, 0.2) is 0 Å². The maximum atomic E-state index is 12.6. The van der Waals surface area contributed by atoms with Crippen LogP contribution in [0.5, 0.6) is 5.75 Å². The molecule has 2 N–H and O–H groups in total. The minimum atomic E-state index is -3.92. The van der Waals surface area contributed by atoms with Crippen LogP contribution in [0.25, 0.3) is 0 Å². The monoisotopic (exact) mass is 438 g/mol. The Labute approximate surface area is 177 Å². The summed E-state index contributed by atoms with van der Waals surface area (Å²) in [6.07, 6.45) is 0. The van der Waals surface area contributed by atoms with E-state index in [1.165, 1.54) is 37.8 Å². The molecule has 158 valence electrons. The van der Waals surface area contributed by atoms with Gasteiger partial charge in [-0.25, -0.2) is 8.42 Å². The number of halogens is 1. The van der Waals surface area contributed by atoms with Crippen LogP contribution in [0.4, 0.5) is 0 Å². The number of aryl methyl sites for hydroxylation is 3. The first-order valence-electron chi connectivity index (χ1n) is 9.20. The third kappa shape index (κ3) is 5.50. The van der Waals surface area contributed by atoms with E-state index in [0.29, 0.717) is 5.75 Å². The Kier molecular flexibility index (Phi) is 7.32. The third-order valence-corrected chi connectivity index (χ3v) is 6.70. The summed E-state index contributed by atoms with van der Waals surface area (Å²) in [6.45, 7) is 9.42. The molecule has 0 heterocycles. The van der Waals surface area contributed by atoms with E-state index in [1.807, 2.05) is 33.8 Å². The summed E-state index contributed by atoms with van der Waals surface area (Å²) >= 11 is 6.01. The van der Waals surface area contributed by atoms with Gasteiger partial charge in [0.1, 0.15) is 5.75 Å². The van der Waals surface area contributed by atoms with Crippen molar-refractivity contribution in [2.24, 2.45) is 0 Å². The van der Waals surface area contributed by atoms with Gasteiger partial charge in [0.25, 0.3) is 0 Å². The van der Waals surface area contributed by atoms with E-state index in [-0.39, 0.29) is 16.0 Å². The second kappa shape index (κ2) is 9.15. The molecule has 0 saturated carbocycles. The summed E-state index contributed by atoms with van der Waals surface area (Å²) in [5.41, 5.74) is 4.39. The molecule has 2 atom stereocenters. The highest BCUT2D eigenvalue weighted by Crippen LogP contribution is 2.27. The first-order chi connectivity index (χ1) is 13.5. The molecule has 1 amide bonds. The first kappa shape index (κ1) is 23.2. The average Bonchev–Trinajstić information content (AvgIpc) is 2.64. The van der Waals surface area contributed by atoms with E-state index < -0.39 is 22.0 Å². The van der Waals surface area contributed by atoms with Crippen molar-refractivity contribution >= 4 is 27.5 Å². The molecule has 0 aliphatic rings. The number of hydrogen-bond donors (Lipinski definition) is 2. The maximum absolute atomic E-state index is 12.6. The summed E-state index contributed by atoms with van der Waals surface area (Å²) in [4.78, 5) is 12.5.